The van der Waals surface area contributed by atoms with Gasteiger partial charge in [0.05, 0.1) is 12.7 Å². The molecule has 1 saturated heterocycles. The predicted octanol–water partition coefficient (Wildman–Crippen LogP) is 2.33. The Labute approximate surface area is 155 Å². The van der Waals surface area contributed by atoms with Crippen molar-refractivity contribution < 1.29 is 9.47 Å². The summed E-state index contributed by atoms with van der Waals surface area (Å²) in [5.41, 5.74) is 1.02. The number of aliphatic imine (C=N–C) groups is 1. The van der Waals surface area contributed by atoms with Crippen LogP contribution in [-0.2, 0) is 11.3 Å². The van der Waals surface area contributed by atoms with Gasteiger partial charge in [-0.3, -0.25) is 4.99 Å². The molecule has 2 rings (SSSR count). The summed E-state index contributed by atoms with van der Waals surface area (Å²) in [6.07, 6.45) is 5.27. The predicted molar refractivity (Wildman–Crippen MR) is 103 cm³/mol. The highest BCUT2D eigenvalue weighted by Crippen LogP contribution is 2.14. The minimum atomic E-state index is 0. The average molecular weight is 434 g/mol. The Hall–Kier alpha value is -1.09. The average Bonchev–Trinajstić information content (AvgIpc) is 3.07. The van der Waals surface area contributed by atoms with Crippen molar-refractivity contribution in [2.24, 2.45) is 4.99 Å². The summed E-state index contributed by atoms with van der Waals surface area (Å²) in [7, 11) is 1.77. The monoisotopic (exact) mass is 434 g/mol. The number of ether oxygens (including phenoxy) is 2. The van der Waals surface area contributed by atoms with Crippen LogP contribution >= 0.6 is 24.0 Å². The van der Waals surface area contributed by atoms with Crippen molar-refractivity contribution in [3.63, 3.8) is 0 Å². The summed E-state index contributed by atoms with van der Waals surface area (Å²) < 4.78 is 11.3. The van der Waals surface area contributed by atoms with Crippen LogP contribution in [0.2, 0.25) is 0 Å². The molecular formula is C16H27IN4O2. The Balaban J connectivity index is 0.00000264. The topological polar surface area (TPSA) is 67.8 Å². The number of pyridine rings is 1. The van der Waals surface area contributed by atoms with Crippen LogP contribution < -0.4 is 15.4 Å². The molecule has 7 heteroatoms. The number of hydrogen-bond acceptors (Lipinski definition) is 4. The Morgan fingerprint density at radius 3 is 3.04 bits per heavy atom. The second kappa shape index (κ2) is 11.4. The molecule has 0 aliphatic carbocycles. The third-order valence-corrected chi connectivity index (χ3v) is 3.48. The van der Waals surface area contributed by atoms with Gasteiger partial charge in [-0.15, -0.1) is 24.0 Å². The molecule has 1 aliphatic rings. The summed E-state index contributed by atoms with van der Waals surface area (Å²) in [4.78, 5) is 8.52. The minimum absolute atomic E-state index is 0. The SMILES string of the molecule is CCCOc1ncccc1CNC(=NC)NCC1CCCO1.I. The highest BCUT2D eigenvalue weighted by atomic mass is 127. The van der Waals surface area contributed by atoms with Crippen molar-refractivity contribution in [3.8, 4) is 5.88 Å². The van der Waals surface area contributed by atoms with E-state index in [0.717, 1.165) is 43.9 Å². The quantitative estimate of drug-likeness (QED) is 0.392. The van der Waals surface area contributed by atoms with E-state index in [-0.39, 0.29) is 24.0 Å². The van der Waals surface area contributed by atoms with Crippen LogP contribution in [0.25, 0.3) is 0 Å². The van der Waals surface area contributed by atoms with Crippen LogP contribution in [0.1, 0.15) is 31.7 Å². The van der Waals surface area contributed by atoms with Crippen LogP contribution in [0, 0.1) is 0 Å². The molecule has 0 saturated carbocycles. The van der Waals surface area contributed by atoms with E-state index in [0.29, 0.717) is 25.1 Å². The van der Waals surface area contributed by atoms with Gasteiger partial charge in [0.15, 0.2) is 5.96 Å². The molecule has 2 N–H and O–H groups in total. The molecule has 0 spiro atoms. The molecule has 0 radical (unpaired) electrons. The summed E-state index contributed by atoms with van der Waals surface area (Å²) in [5, 5.41) is 6.59. The summed E-state index contributed by atoms with van der Waals surface area (Å²) in [5.74, 6) is 1.45. The van der Waals surface area contributed by atoms with Gasteiger partial charge in [0.1, 0.15) is 0 Å². The smallest absolute Gasteiger partial charge is 0.218 e. The van der Waals surface area contributed by atoms with E-state index in [4.69, 9.17) is 9.47 Å². The van der Waals surface area contributed by atoms with Crippen LogP contribution in [-0.4, -0.2) is 43.9 Å². The molecule has 0 amide bonds. The van der Waals surface area contributed by atoms with Crippen molar-refractivity contribution in [1.29, 1.82) is 0 Å². The zero-order valence-electron chi connectivity index (χ0n) is 13.9. The number of guanidine groups is 1. The maximum Gasteiger partial charge on any atom is 0.218 e. The van der Waals surface area contributed by atoms with E-state index in [1.165, 1.54) is 0 Å². The molecule has 1 aromatic heterocycles. The normalized spacial score (nSPS) is 17.5. The van der Waals surface area contributed by atoms with E-state index in [1.807, 2.05) is 12.1 Å². The van der Waals surface area contributed by atoms with Gasteiger partial charge in [0.2, 0.25) is 5.88 Å². The zero-order valence-corrected chi connectivity index (χ0v) is 16.2. The van der Waals surface area contributed by atoms with E-state index >= 15 is 0 Å². The van der Waals surface area contributed by atoms with Crippen molar-refractivity contribution >= 4 is 29.9 Å². The fourth-order valence-electron chi connectivity index (χ4n) is 2.30. The van der Waals surface area contributed by atoms with E-state index in [9.17, 15) is 0 Å². The molecule has 1 fully saturated rings. The lowest BCUT2D eigenvalue weighted by Crippen LogP contribution is -2.40. The van der Waals surface area contributed by atoms with Crippen LogP contribution in [0.3, 0.4) is 0 Å². The molecule has 130 valence electrons. The number of nitrogens with one attached hydrogen (secondary N) is 2. The van der Waals surface area contributed by atoms with E-state index in [1.54, 1.807) is 13.2 Å². The largest absolute Gasteiger partial charge is 0.477 e. The minimum Gasteiger partial charge on any atom is -0.477 e. The Kier molecular flexibility index (Phi) is 9.93. The maximum absolute atomic E-state index is 5.66. The third kappa shape index (κ3) is 6.90. The molecule has 1 aromatic rings. The van der Waals surface area contributed by atoms with Gasteiger partial charge in [-0.25, -0.2) is 4.98 Å². The first-order valence-electron chi connectivity index (χ1n) is 7.96. The molecule has 2 heterocycles. The van der Waals surface area contributed by atoms with Crippen LogP contribution in [0.15, 0.2) is 23.3 Å². The highest BCUT2D eigenvalue weighted by molar-refractivity contribution is 14.0. The summed E-state index contributed by atoms with van der Waals surface area (Å²) in [6, 6.07) is 3.93. The first-order chi connectivity index (χ1) is 10.8. The second-order valence-corrected chi connectivity index (χ2v) is 5.26. The van der Waals surface area contributed by atoms with Gasteiger partial charge in [-0.2, -0.15) is 0 Å². The van der Waals surface area contributed by atoms with Crippen molar-refractivity contribution in [3.05, 3.63) is 23.9 Å². The van der Waals surface area contributed by atoms with Gasteiger partial charge < -0.3 is 20.1 Å². The number of aromatic nitrogens is 1. The number of hydrogen-bond donors (Lipinski definition) is 2. The van der Waals surface area contributed by atoms with Crippen molar-refractivity contribution in [2.75, 3.05) is 26.8 Å². The first-order valence-corrected chi connectivity index (χ1v) is 7.96. The number of halogens is 1. The van der Waals surface area contributed by atoms with E-state index < -0.39 is 0 Å². The molecule has 1 unspecified atom stereocenters. The Bertz CT molecular complexity index is 479. The van der Waals surface area contributed by atoms with Gasteiger partial charge in [0, 0.05) is 38.5 Å². The fourth-order valence-corrected chi connectivity index (χ4v) is 2.30. The lowest BCUT2D eigenvalue weighted by atomic mass is 10.2. The van der Waals surface area contributed by atoms with Crippen molar-refractivity contribution in [2.45, 2.75) is 38.8 Å². The van der Waals surface area contributed by atoms with Crippen LogP contribution in [0.5, 0.6) is 5.88 Å². The summed E-state index contributed by atoms with van der Waals surface area (Å²) >= 11 is 0. The highest BCUT2D eigenvalue weighted by Gasteiger charge is 2.15. The summed E-state index contributed by atoms with van der Waals surface area (Å²) in [6.45, 7) is 5.03. The lowest BCUT2D eigenvalue weighted by molar-refractivity contribution is 0.114. The van der Waals surface area contributed by atoms with Gasteiger partial charge >= 0.3 is 0 Å². The molecule has 23 heavy (non-hydrogen) atoms. The number of nitrogens with zero attached hydrogens (tertiary/aromatic N) is 2. The standard InChI is InChI=1S/C16H26N4O2.HI/c1-3-9-22-15-13(6-4-8-18-15)11-19-16(17-2)20-12-14-7-5-10-21-14;/h4,6,8,14H,3,5,7,9-12H2,1-2H3,(H2,17,19,20);1H. The van der Waals surface area contributed by atoms with Gasteiger partial charge in [0.25, 0.3) is 0 Å². The molecule has 6 nitrogen and oxygen atoms in total. The second-order valence-electron chi connectivity index (χ2n) is 5.26. The fraction of sp³-hybridized carbons (Fsp3) is 0.625. The molecule has 1 aliphatic heterocycles. The van der Waals surface area contributed by atoms with Gasteiger partial charge in [-0.05, 0) is 25.3 Å². The lowest BCUT2D eigenvalue weighted by Gasteiger charge is -2.16. The third-order valence-electron chi connectivity index (χ3n) is 3.48. The molecule has 0 aromatic carbocycles. The molecular weight excluding hydrogens is 407 g/mol. The Morgan fingerprint density at radius 1 is 1.48 bits per heavy atom. The van der Waals surface area contributed by atoms with Crippen LogP contribution in [0.4, 0.5) is 0 Å². The Morgan fingerprint density at radius 2 is 2.35 bits per heavy atom. The zero-order chi connectivity index (χ0) is 15.6. The van der Waals surface area contributed by atoms with E-state index in [2.05, 4.69) is 27.5 Å². The maximum atomic E-state index is 5.66. The van der Waals surface area contributed by atoms with Crippen molar-refractivity contribution in [1.82, 2.24) is 15.6 Å². The van der Waals surface area contributed by atoms with Gasteiger partial charge in [-0.1, -0.05) is 13.0 Å². The molecule has 0 bridgehead atoms. The molecule has 1 atom stereocenters. The first kappa shape index (κ1) is 20.0. The number of rotatable bonds is 7.